The molecule has 0 bridgehead atoms. The summed E-state index contributed by atoms with van der Waals surface area (Å²) in [6.07, 6.45) is 0.552. The van der Waals surface area contributed by atoms with Crippen molar-refractivity contribution in [3.63, 3.8) is 0 Å². The maximum Gasteiger partial charge on any atom is 0.0713 e. The summed E-state index contributed by atoms with van der Waals surface area (Å²) < 4.78 is 0. The van der Waals surface area contributed by atoms with Crippen molar-refractivity contribution in [2.75, 3.05) is 0 Å². The van der Waals surface area contributed by atoms with Crippen LogP contribution in [0.15, 0.2) is 0 Å². The molecular weight excluding hydrogens is 138 g/mol. The Morgan fingerprint density at radius 2 is 1.64 bits per heavy atom. The Bertz CT molecular complexity index is 102. The molecule has 0 saturated carbocycles. The molecule has 2 atom stereocenters. The third-order valence-electron chi connectivity index (χ3n) is 1.87. The average Bonchev–Trinajstić information content (AvgIpc) is 1.84. The van der Waals surface area contributed by atoms with Gasteiger partial charge in [-0.25, -0.2) is 0 Å². The predicted molar refractivity (Wildman–Crippen MR) is 48.3 cm³/mol. The van der Waals surface area contributed by atoms with Gasteiger partial charge in [-0.05, 0) is 18.3 Å². The highest BCUT2D eigenvalue weighted by molar-refractivity contribution is 4.75. The Balaban J connectivity index is 3.73. The van der Waals surface area contributed by atoms with Gasteiger partial charge in [0.25, 0.3) is 0 Å². The van der Waals surface area contributed by atoms with Crippen molar-refractivity contribution in [2.45, 2.75) is 46.3 Å². The molecule has 0 aromatic heterocycles. The van der Waals surface area contributed by atoms with Crippen LogP contribution in [0.2, 0.25) is 0 Å². The Labute approximate surface area is 69.8 Å². The van der Waals surface area contributed by atoms with Gasteiger partial charge in [0.05, 0.1) is 6.10 Å². The quantitative estimate of drug-likeness (QED) is 0.651. The van der Waals surface area contributed by atoms with E-state index in [2.05, 4.69) is 13.8 Å². The van der Waals surface area contributed by atoms with Crippen molar-refractivity contribution in [3.05, 3.63) is 0 Å². The summed E-state index contributed by atoms with van der Waals surface area (Å²) in [6.45, 7) is 8.22. The molecule has 0 unspecified atom stereocenters. The fourth-order valence-corrected chi connectivity index (χ4v) is 1.18. The molecule has 3 N–H and O–H groups in total. The Hall–Kier alpha value is -0.0800. The van der Waals surface area contributed by atoms with Crippen molar-refractivity contribution < 1.29 is 5.11 Å². The van der Waals surface area contributed by atoms with Crippen molar-refractivity contribution >= 4 is 0 Å². The first kappa shape index (κ1) is 10.9. The van der Waals surface area contributed by atoms with Gasteiger partial charge in [-0.2, -0.15) is 0 Å². The first-order chi connectivity index (χ1) is 4.95. The minimum absolute atomic E-state index is 0.0602. The molecule has 2 nitrogen and oxygen atoms in total. The Kier molecular flexibility index (Phi) is 4.69. The molecular formula is C9H21NO. The van der Waals surface area contributed by atoms with Gasteiger partial charge >= 0.3 is 0 Å². The summed E-state index contributed by atoms with van der Waals surface area (Å²) >= 11 is 0. The monoisotopic (exact) mass is 159 g/mol. The van der Waals surface area contributed by atoms with E-state index in [0.29, 0.717) is 5.92 Å². The van der Waals surface area contributed by atoms with Crippen molar-refractivity contribution in [3.8, 4) is 0 Å². The van der Waals surface area contributed by atoms with E-state index in [9.17, 15) is 5.11 Å². The molecule has 68 valence electrons. The third kappa shape index (κ3) is 4.38. The highest BCUT2D eigenvalue weighted by Crippen LogP contribution is 2.11. The fraction of sp³-hybridized carbons (Fsp3) is 1.00. The first-order valence-electron chi connectivity index (χ1n) is 4.38. The molecule has 0 aliphatic carbocycles. The molecule has 0 fully saturated rings. The van der Waals surface area contributed by atoms with Gasteiger partial charge in [0, 0.05) is 6.04 Å². The van der Waals surface area contributed by atoms with Crippen molar-refractivity contribution in [2.24, 2.45) is 17.6 Å². The maximum atomic E-state index is 9.52. The molecule has 0 radical (unpaired) electrons. The second-order valence-corrected chi connectivity index (χ2v) is 4.03. The third-order valence-corrected chi connectivity index (χ3v) is 1.87. The van der Waals surface area contributed by atoms with Gasteiger partial charge in [-0.3, -0.25) is 0 Å². The minimum Gasteiger partial charge on any atom is -0.391 e. The summed E-state index contributed by atoms with van der Waals surface area (Å²) in [6, 6.07) is -0.0602. The number of hydrogen-bond donors (Lipinski definition) is 2. The standard InChI is InChI=1S/C9H21NO/c1-6(2)5-8(10)9(11)7(3)4/h6-9,11H,5,10H2,1-4H3/t8-,9-/m0/s1. The van der Waals surface area contributed by atoms with Gasteiger partial charge in [0.15, 0.2) is 0 Å². The van der Waals surface area contributed by atoms with Gasteiger partial charge < -0.3 is 10.8 Å². The zero-order valence-electron chi connectivity index (χ0n) is 8.04. The lowest BCUT2D eigenvalue weighted by atomic mass is 9.93. The molecule has 0 aliphatic rings. The molecule has 0 aliphatic heterocycles. The molecule has 0 spiro atoms. The summed E-state index contributed by atoms with van der Waals surface area (Å²) in [5.74, 6) is 0.835. The van der Waals surface area contributed by atoms with Crippen LogP contribution in [0.25, 0.3) is 0 Å². The molecule has 11 heavy (non-hydrogen) atoms. The van der Waals surface area contributed by atoms with Gasteiger partial charge in [-0.1, -0.05) is 27.7 Å². The van der Waals surface area contributed by atoms with Crippen LogP contribution in [-0.2, 0) is 0 Å². The van der Waals surface area contributed by atoms with Crippen LogP contribution in [0.4, 0.5) is 0 Å². The van der Waals surface area contributed by atoms with Gasteiger partial charge in [0.1, 0.15) is 0 Å². The summed E-state index contributed by atoms with van der Waals surface area (Å²) in [4.78, 5) is 0. The van der Waals surface area contributed by atoms with Crippen LogP contribution >= 0.6 is 0 Å². The highest BCUT2D eigenvalue weighted by atomic mass is 16.3. The van der Waals surface area contributed by atoms with Crippen LogP contribution in [-0.4, -0.2) is 17.3 Å². The molecule has 0 aromatic carbocycles. The van der Waals surface area contributed by atoms with Crippen LogP contribution in [0.5, 0.6) is 0 Å². The van der Waals surface area contributed by atoms with E-state index in [1.807, 2.05) is 13.8 Å². The van der Waals surface area contributed by atoms with Gasteiger partial charge in [0.2, 0.25) is 0 Å². The SMILES string of the molecule is CC(C)C[C@H](N)[C@@H](O)C(C)C. The number of aliphatic hydroxyl groups excluding tert-OH is 1. The first-order valence-corrected chi connectivity index (χ1v) is 4.38. The lowest BCUT2D eigenvalue weighted by Gasteiger charge is -2.23. The van der Waals surface area contributed by atoms with Gasteiger partial charge in [-0.15, -0.1) is 0 Å². The molecule has 0 rings (SSSR count). The fourth-order valence-electron chi connectivity index (χ4n) is 1.18. The highest BCUT2D eigenvalue weighted by Gasteiger charge is 2.18. The molecule has 0 aromatic rings. The lowest BCUT2D eigenvalue weighted by Crippen LogP contribution is -2.39. The van der Waals surface area contributed by atoms with Crippen LogP contribution in [0.3, 0.4) is 0 Å². The molecule has 0 heterocycles. The average molecular weight is 159 g/mol. The number of rotatable bonds is 4. The van der Waals surface area contributed by atoms with E-state index in [0.717, 1.165) is 6.42 Å². The van der Waals surface area contributed by atoms with Crippen molar-refractivity contribution in [1.82, 2.24) is 0 Å². The normalized spacial score (nSPS) is 17.5. The second-order valence-electron chi connectivity index (χ2n) is 4.03. The van der Waals surface area contributed by atoms with E-state index < -0.39 is 0 Å². The van der Waals surface area contributed by atoms with E-state index in [4.69, 9.17) is 5.73 Å². The Morgan fingerprint density at radius 1 is 1.18 bits per heavy atom. The number of aliphatic hydroxyl groups is 1. The lowest BCUT2D eigenvalue weighted by molar-refractivity contribution is 0.0900. The topological polar surface area (TPSA) is 46.2 Å². The van der Waals surface area contributed by atoms with Crippen molar-refractivity contribution in [1.29, 1.82) is 0 Å². The summed E-state index contributed by atoms with van der Waals surface area (Å²) in [7, 11) is 0. The van der Waals surface area contributed by atoms with E-state index in [-0.39, 0.29) is 18.1 Å². The zero-order valence-corrected chi connectivity index (χ0v) is 8.04. The summed E-state index contributed by atoms with van der Waals surface area (Å²) in [5.41, 5.74) is 5.77. The maximum absolute atomic E-state index is 9.52. The number of hydrogen-bond acceptors (Lipinski definition) is 2. The van der Waals surface area contributed by atoms with Crippen LogP contribution in [0.1, 0.15) is 34.1 Å². The largest absolute Gasteiger partial charge is 0.391 e. The molecule has 0 amide bonds. The predicted octanol–water partition coefficient (Wildman–Crippen LogP) is 1.38. The van der Waals surface area contributed by atoms with Crippen LogP contribution in [0, 0.1) is 11.8 Å². The van der Waals surface area contributed by atoms with E-state index >= 15 is 0 Å². The second kappa shape index (κ2) is 4.73. The van der Waals surface area contributed by atoms with E-state index in [1.165, 1.54) is 0 Å². The van der Waals surface area contributed by atoms with E-state index in [1.54, 1.807) is 0 Å². The Morgan fingerprint density at radius 3 is 1.91 bits per heavy atom. The number of nitrogens with two attached hydrogens (primary N) is 1. The minimum atomic E-state index is -0.350. The summed E-state index contributed by atoms with van der Waals surface area (Å²) in [5, 5.41) is 9.52. The molecule has 2 heteroatoms. The smallest absolute Gasteiger partial charge is 0.0713 e. The van der Waals surface area contributed by atoms with Crippen LogP contribution < -0.4 is 5.73 Å². The molecule has 0 saturated heterocycles. The zero-order chi connectivity index (χ0) is 9.02.